The summed E-state index contributed by atoms with van der Waals surface area (Å²) >= 11 is 6.04. The zero-order chi connectivity index (χ0) is 20.7. The smallest absolute Gasteiger partial charge is 0.304 e. The van der Waals surface area contributed by atoms with Gasteiger partial charge in [0.05, 0.1) is 18.0 Å². The SMILES string of the molecule is CO[C@@H](C)c1cc(F)cc2c3c(n(Cc4ccc(Cl)cc4)c12)[C@@H](C[14C](=O)O)CC3. The van der Waals surface area contributed by atoms with E-state index in [2.05, 4.69) is 4.57 Å². The van der Waals surface area contributed by atoms with Crippen LogP contribution in [0.1, 0.15) is 54.2 Å². The Morgan fingerprint density at radius 3 is 2.72 bits per heavy atom. The maximum Gasteiger partial charge on any atom is 0.304 e. The fourth-order valence-electron chi connectivity index (χ4n) is 4.54. The van der Waals surface area contributed by atoms with Gasteiger partial charge in [-0.1, -0.05) is 23.7 Å². The molecule has 0 bridgehead atoms. The van der Waals surface area contributed by atoms with Crippen molar-refractivity contribution >= 4 is 28.5 Å². The monoisotopic (exact) mass is 417 g/mol. The van der Waals surface area contributed by atoms with E-state index in [1.807, 2.05) is 31.2 Å². The number of fused-ring (bicyclic) bond motifs is 3. The van der Waals surface area contributed by atoms with Gasteiger partial charge in [0, 0.05) is 41.2 Å². The second kappa shape index (κ2) is 7.81. The topological polar surface area (TPSA) is 51.5 Å². The summed E-state index contributed by atoms with van der Waals surface area (Å²) < 4.78 is 22.2. The summed E-state index contributed by atoms with van der Waals surface area (Å²) in [5.74, 6) is -1.21. The fraction of sp³-hybridized carbons (Fsp3) is 0.348. The highest BCUT2D eigenvalue weighted by Gasteiger charge is 2.33. The van der Waals surface area contributed by atoms with Gasteiger partial charge in [0.25, 0.3) is 0 Å². The van der Waals surface area contributed by atoms with Crippen molar-refractivity contribution in [2.24, 2.45) is 0 Å². The molecule has 1 aliphatic rings. The van der Waals surface area contributed by atoms with Crippen LogP contribution in [0.25, 0.3) is 10.9 Å². The minimum Gasteiger partial charge on any atom is -0.481 e. The van der Waals surface area contributed by atoms with Gasteiger partial charge < -0.3 is 14.4 Å². The zero-order valence-corrected chi connectivity index (χ0v) is 17.2. The normalized spacial score (nSPS) is 16.9. The van der Waals surface area contributed by atoms with E-state index in [1.54, 1.807) is 13.2 Å². The molecule has 1 aromatic heterocycles. The van der Waals surface area contributed by atoms with Crippen molar-refractivity contribution in [3.05, 3.63) is 69.6 Å². The number of carboxylic acid groups (broad SMARTS) is 1. The first kappa shape index (κ1) is 19.9. The number of halogens is 2. The van der Waals surface area contributed by atoms with Crippen molar-refractivity contribution in [2.75, 3.05) is 7.11 Å². The van der Waals surface area contributed by atoms with Crippen LogP contribution in [-0.4, -0.2) is 22.8 Å². The second-order valence-corrected chi connectivity index (χ2v) is 8.12. The molecule has 152 valence electrons. The van der Waals surface area contributed by atoms with Gasteiger partial charge in [-0.2, -0.15) is 0 Å². The van der Waals surface area contributed by atoms with Crippen molar-refractivity contribution in [2.45, 2.75) is 44.8 Å². The van der Waals surface area contributed by atoms with E-state index < -0.39 is 5.97 Å². The predicted octanol–water partition coefficient (Wildman–Crippen LogP) is 5.69. The fourth-order valence-corrected chi connectivity index (χ4v) is 4.67. The second-order valence-electron chi connectivity index (χ2n) is 7.68. The Hall–Kier alpha value is -2.37. The molecule has 3 aromatic rings. The molecule has 4 nitrogen and oxygen atoms in total. The third-order valence-corrected chi connectivity index (χ3v) is 6.15. The summed E-state index contributed by atoms with van der Waals surface area (Å²) in [5.41, 5.74) is 4.82. The molecule has 6 heteroatoms. The molecule has 0 spiro atoms. The maximum atomic E-state index is 14.5. The molecule has 2 atom stereocenters. The van der Waals surface area contributed by atoms with Crippen LogP contribution in [0.5, 0.6) is 0 Å². The molecule has 1 aliphatic carbocycles. The van der Waals surface area contributed by atoms with Crippen molar-refractivity contribution in [1.82, 2.24) is 4.57 Å². The van der Waals surface area contributed by atoms with Crippen LogP contribution >= 0.6 is 11.6 Å². The Bertz CT molecular complexity index is 1070. The van der Waals surface area contributed by atoms with Crippen LogP contribution in [0.15, 0.2) is 36.4 Å². The highest BCUT2D eigenvalue weighted by atomic mass is 35.5. The molecular weight excluding hydrogens is 395 g/mol. The van der Waals surface area contributed by atoms with Gasteiger partial charge in [-0.25, -0.2) is 4.39 Å². The van der Waals surface area contributed by atoms with Crippen LogP contribution in [0.2, 0.25) is 5.02 Å². The lowest BCUT2D eigenvalue weighted by Crippen LogP contribution is -2.12. The van der Waals surface area contributed by atoms with Gasteiger partial charge in [0.2, 0.25) is 0 Å². The molecule has 1 heterocycles. The number of nitrogens with zero attached hydrogens (tertiary/aromatic N) is 1. The quantitative estimate of drug-likeness (QED) is 0.560. The number of benzene rings is 2. The van der Waals surface area contributed by atoms with E-state index in [9.17, 15) is 14.3 Å². The average molecular weight is 418 g/mol. The van der Waals surface area contributed by atoms with E-state index in [4.69, 9.17) is 16.3 Å². The van der Waals surface area contributed by atoms with Crippen LogP contribution in [0.3, 0.4) is 0 Å². The van der Waals surface area contributed by atoms with Gasteiger partial charge >= 0.3 is 5.97 Å². The summed E-state index contributed by atoms with van der Waals surface area (Å²) in [6.07, 6.45) is 1.30. The van der Waals surface area contributed by atoms with Crippen molar-refractivity contribution in [3.63, 3.8) is 0 Å². The zero-order valence-electron chi connectivity index (χ0n) is 16.4. The molecule has 0 amide bonds. The highest BCUT2D eigenvalue weighted by molar-refractivity contribution is 6.30. The minimum atomic E-state index is -0.817. The molecule has 0 saturated carbocycles. The number of carboxylic acids is 1. The number of methoxy groups -OCH3 is 1. The van der Waals surface area contributed by atoms with Gasteiger partial charge in [-0.05, 0) is 55.2 Å². The van der Waals surface area contributed by atoms with Gasteiger partial charge in [-0.15, -0.1) is 0 Å². The lowest BCUT2D eigenvalue weighted by atomic mass is 10.0. The predicted molar refractivity (Wildman–Crippen MR) is 111 cm³/mol. The van der Waals surface area contributed by atoms with Crippen molar-refractivity contribution < 1.29 is 19.0 Å². The first-order valence-electron chi connectivity index (χ1n) is 9.72. The third-order valence-electron chi connectivity index (χ3n) is 5.90. The minimum absolute atomic E-state index is 0.0710. The van der Waals surface area contributed by atoms with E-state index >= 15 is 0 Å². The van der Waals surface area contributed by atoms with E-state index in [0.717, 1.165) is 46.1 Å². The van der Waals surface area contributed by atoms with E-state index in [0.29, 0.717) is 11.6 Å². The van der Waals surface area contributed by atoms with E-state index in [1.165, 1.54) is 6.07 Å². The van der Waals surface area contributed by atoms with Crippen molar-refractivity contribution in [1.29, 1.82) is 0 Å². The summed E-state index contributed by atoms with van der Waals surface area (Å²) in [6, 6.07) is 10.7. The molecular formula is C23H23ClFNO3. The number of hydrogen-bond acceptors (Lipinski definition) is 2. The van der Waals surface area contributed by atoms with Crippen LogP contribution in [-0.2, 0) is 22.5 Å². The van der Waals surface area contributed by atoms with Crippen LogP contribution in [0, 0.1) is 5.82 Å². The molecule has 1 N–H and O–H groups in total. The van der Waals surface area contributed by atoms with Crippen LogP contribution in [0.4, 0.5) is 4.39 Å². The Labute approximate surface area is 173 Å². The highest BCUT2D eigenvalue weighted by Crippen LogP contribution is 2.44. The Morgan fingerprint density at radius 1 is 1.34 bits per heavy atom. The molecule has 0 radical (unpaired) electrons. The molecule has 0 unspecified atom stereocenters. The number of carbonyl (C=O) groups is 1. The molecule has 2 aromatic carbocycles. The molecule has 4 rings (SSSR count). The molecule has 0 aliphatic heterocycles. The summed E-state index contributed by atoms with van der Waals surface area (Å²) in [4.78, 5) is 11.5. The lowest BCUT2D eigenvalue weighted by molar-refractivity contribution is -0.137. The molecule has 29 heavy (non-hydrogen) atoms. The lowest BCUT2D eigenvalue weighted by Gasteiger charge is -2.19. The number of ether oxygens (including phenoxy) is 1. The number of aliphatic carboxylic acids is 1. The largest absolute Gasteiger partial charge is 0.481 e. The molecule has 0 fully saturated rings. The van der Waals surface area contributed by atoms with Gasteiger partial charge in [0.1, 0.15) is 5.82 Å². The maximum absolute atomic E-state index is 14.5. The summed E-state index contributed by atoms with van der Waals surface area (Å²) in [6.45, 7) is 2.46. The first-order valence-corrected chi connectivity index (χ1v) is 10.1. The number of aromatic nitrogens is 1. The van der Waals surface area contributed by atoms with Crippen LogP contribution < -0.4 is 0 Å². The standard InChI is InChI=1S/C23H23ClFNO3/c1-13(29-2)19-10-17(25)11-20-18-8-5-15(9-21(27)28)22(18)26(23(19)20)12-14-3-6-16(24)7-4-14/h3-4,6-7,10-11,13,15H,5,8-9,12H2,1-2H3,(H,27,28)/t13-,15+/m0/s1/i21+2. The number of aryl methyl sites for hydroxylation is 1. The first-order chi connectivity index (χ1) is 13.9. The number of rotatable bonds is 6. The summed E-state index contributed by atoms with van der Waals surface area (Å²) in [5, 5.41) is 10.9. The van der Waals surface area contributed by atoms with Crippen molar-refractivity contribution in [3.8, 4) is 0 Å². The van der Waals surface area contributed by atoms with Gasteiger partial charge in [0.15, 0.2) is 0 Å². The number of hydrogen-bond donors (Lipinski definition) is 1. The molecule has 0 saturated heterocycles. The summed E-state index contributed by atoms with van der Waals surface area (Å²) in [7, 11) is 1.61. The van der Waals surface area contributed by atoms with Gasteiger partial charge in [-0.3, -0.25) is 4.79 Å². The Kier molecular flexibility index (Phi) is 5.36. The third kappa shape index (κ3) is 3.65. The van der Waals surface area contributed by atoms with E-state index in [-0.39, 0.29) is 24.3 Å². The Morgan fingerprint density at radius 2 is 2.07 bits per heavy atom. The Balaban J connectivity index is 1.96. The average Bonchev–Trinajstić information content (AvgIpc) is 3.21.